The van der Waals surface area contributed by atoms with Gasteiger partial charge in [0.2, 0.25) is 9.84 Å². The van der Waals surface area contributed by atoms with E-state index in [2.05, 4.69) is 5.32 Å². The molecule has 0 aliphatic rings. The van der Waals surface area contributed by atoms with Crippen molar-refractivity contribution in [3.8, 4) is 0 Å². The highest BCUT2D eigenvalue weighted by molar-refractivity contribution is 8.05. The van der Waals surface area contributed by atoms with Gasteiger partial charge < -0.3 is 16.8 Å². The van der Waals surface area contributed by atoms with E-state index in [1.54, 1.807) is 24.3 Å². The molecule has 0 bridgehead atoms. The van der Waals surface area contributed by atoms with Gasteiger partial charge in [0.1, 0.15) is 0 Å². The second-order valence-electron chi connectivity index (χ2n) is 3.19. The maximum atomic E-state index is 11.0. The molecule has 0 aliphatic heterocycles. The molecular formula is C9H13N3O3S. The zero-order valence-electron chi connectivity index (χ0n) is 8.51. The second-order valence-corrected chi connectivity index (χ2v) is 5.23. The molecule has 7 heteroatoms. The summed E-state index contributed by atoms with van der Waals surface area (Å²) in [5, 5.41) is 1.54. The Morgan fingerprint density at radius 3 is 2.31 bits per heavy atom. The molecule has 0 heterocycles. The normalized spacial score (nSPS) is 11.0. The predicted octanol–water partition coefficient (Wildman–Crippen LogP) is 0.174. The third-order valence-electron chi connectivity index (χ3n) is 1.92. The van der Waals surface area contributed by atoms with Gasteiger partial charge in [0.25, 0.3) is 0 Å². The van der Waals surface area contributed by atoms with Gasteiger partial charge in [-0.2, -0.15) is 0 Å². The molecule has 1 rings (SSSR count). The van der Waals surface area contributed by atoms with Crippen LogP contribution in [0.1, 0.15) is 0 Å². The maximum Gasteiger partial charge on any atom is 0.333 e. The third-order valence-corrected chi connectivity index (χ3v) is 3.27. The molecule has 0 fully saturated rings. The predicted molar refractivity (Wildman–Crippen MR) is 62.7 cm³/mol. The smallest absolute Gasteiger partial charge is 0.333 e. The van der Waals surface area contributed by atoms with Crippen molar-refractivity contribution in [3.05, 3.63) is 24.3 Å². The van der Waals surface area contributed by atoms with Gasteiger partial charge in [0.05, 0.1) is 5.75 Å². The van der Waals surface area contributed by atoms with Crippen LogP contribution in [0.2, 0.25) is 0 Å². The van der Waals surface area contributed by atoms with Gasteiger partial charge in [-0.1, -0.05) is 0 Å². The molecule has 0 unspecified atom stereocenters. The zero-order chi connectivity index (χ0) is 12.2. The summed E-state index contributed by atoms with van der Waals surface area (Å²) in [6.07, 6.45) is 0. The van der Waals surface area contributed by atoms with Gasteiger partial charge in [-0.3, -0.25) is 4.79 Å². The van der Waals surface area contributed by atoms with Crippen molar-refractivity contribution < 1.29 is 13.2 Å². The summed E-state index contributed by atoms with van der Waals surface area (Å²) in [4.78, 5) is 10.5. The van der Waals surface area contributed by atoms with Crippen LogP contribution >= 0.6 is 0 Å². The number of carbonyl (C=O) groups excluding carboxylic acids is 1. The number of primary amides is 1. The van der Waals surface area contributed by atoms with Crippen LogP contribution in [0, 0.1) is 0 Å². The number of rotatable bonds is 4. The first kappa shape index (κ1) is 12.3. The van der Waals surface area contributed by atoms with Crippen molar-refractivity contribution in [2.75, 3.05) is 23.3 Å². The van der Waals surface area contributed by atoms with Crippen LogP contribution < -0.4 is 16.8 Å². The van der Waals surface area contributed by atoms with Gasteiger partial charge in [-0.15, -0.1) is 0 Å². The number of benzene rings is 1. The number of nitrogens with two attached hydrogens (primary N) is 2. The average Bonchev–Trinajstić information content (AvgIpc) is 2.20. The Bertz CT molecular complexity index is 467. The number of hydrogen-bond acceptors (Lipinski definition) is 5. The van der Waals surface area contributed by atoms with Crippen LogP contribution in [0.25, 0.3) is 0 Å². The Morgan fingerprint density at radius 1 is 1.25 bits per heavy atom. The first-order valence-electron chi connectivity index (χ1n) is 4.53. The molecule has 0 aromatic heterocycles. The van der Waals surface area contributed by atoms with E-state index >= 15 is 0 Å². The van der Waals surface area contributed by atoms with E-state index < -0.39 is 15.1 Å². The van der Waals surface area contributed by atoms with Crippen molar-refractivity contribution in [2.24, 2.45) is 5.73 Å². The molecule has 1 aromatic rings. The second kappa shape index (κ2) is 4.84. The lowest BCUT2D eigenvalue weighted by Gasteiger charge is -2.05. The lowest BCUT2D eigenvalue weighted by molar-refractivity contribution is 0.265. The molecule has 5 N–H and O–H groups in total. The van der Waals surface area contributed by atoms with E-state index in [4.69, 9.17) is 11.5 Å². The highest BCUT2D eigenvalue weighted by atomic mass is 32.2. The molecule has 16 heavy (non-hydrogen) atoms. The summed E-state index contributed by atoms with van der Waals surface area (Å²) < 4.78 is 22.1. The molecule has 88 valence electrons. The molecule has 1 aromatic carbocycles. The fourth-order valence-corrected chi connectivity index (χ4v) is 1.60. The summed E-state index contributed by atoms with van der Waals surface area (Å²) in [6.45, 7) is 0.120. The number of carbonyl (C=O) groups is 1. The van der Waals surface area contributed by atoms with E-state index in [9.17, 15) is 13.2 Å². The SMILES string of the molecule is NC(=O)S(=O)(=O)CCNc1ccc(N)cc1. The van der Waals surface area contributed by atoms with Crippen molar-refractivity contribution >= 4 is 26.5 Å². The summed E-state index contributed by atoms with van der Waals surface area (Å²) >= 11 is 0. The minimum absolute atomic E-state index is 0.120. The molecule has 1 amide bonds. The average molecular weight is 243 g/mol. The number of amides is 1. The summed E-state index contributed by atoms with van der Waals surface area (Å²) in [5.41, 5.74) is 11.5. The molecule has 0 radical (unpaired) electrons. The maximum absolute atomic E-state index is 11.0. The first-order valence-corrected chi connectivity index (χ1v) is 6.18. The van der Waals surface area contributed by atoms with Crippen LogP contribution in [0.3, 0.4) is 0 Å². The number of sulfone groups is 1. The lowest BCUT2D eigenvalue weighted by Crippen LogP contribution is -2.27. The first-order chi connectivity index (χ1) is 7.42. The van der Waals surface area contributed by atoms with Crippen molar-refractivity contribution in [2.45, 2.75) is 0 Å². The fraction of sp³-hybridized carbons (Fsp3) is 0.222. The lowest BCUT2D eigenvalue weighted by atomic mass is 10.3. The minimum Gasteiger partial charge on any atom is -0.399 e. The van der Waals surface area contributed by atoms with E-state index in [1.165, 1.54) is 0 Å². The van der Waals surface area contributed by atoms with Crippen LogP contribution in [0.4, 0.5) is 16.2 Å². The van der Waals surface area contributed by atoms with Crippen LogP contribution in [0.15, 0.2) is 24.3 Å². The molecule has 0 atom stereocenters. The Balaban J connectivity index is 2.48. The van der Waals surface area contributed by atoms with Crippen molar-refractivity contribution in [1.29, 1.82) is 0 Å². The molecule has 0 aliphatic carbocycles. The number of nitrogens with one attached hydrogen (secondary N) is 1. The Hall–Kier alpha value is -1.76. The molecular weight excluding hydrogens is 230 g/mol. The van der Waals surface area contributed by atoms with E-state index in [0.29, 0.717) is 5.69 Å². The monoisotopic (exact) mass is 243 g/mol. The minimum atomic E-state index is -3.82. The highest BCUT2D eigenvalue weighted by Crippen LogP contribution is 2.09. The van der Waals surface area contributed by atoms with Gasteiger partial charge in [0, 0.05) is 17.9 Å². The highest BCUT2D eigenvalue weighted by Gasteiger charge is 2.17. The van der Waals surface area contributed by atoms with Crippen LogP contribution in [-0.2, 0) is 9.84 Å². The van der Waals surface area contributed by atoms with Crippen molar-refractivity contribution in [1.82, 2.24) is 0 Å². The Kier molecular flexibility index (Phi) is 3.73. The van der Waals surface area contributed by atoms with Crippen LogP contribution in [-0.4, -0.2) is 26.0 Å². The standard InChI is InChI=1S/C9H13N3O3S/c10-7-1-3-8(4-2-7)12-5-6-16(14,15)9(11)13/h1-4,12H,5-6,10H2,(H2,11,13). The van der Waals surface area contributed by atoms with Crippen LogP contribution in [0.5, 0.6) is 0 Å². The van der Waals surface area contributed by atoms with Gasteiger partial charge in [-0.25, -0.2) is 8.42 Å². The van der Waals surface area contributed by atoms with Gasteiger partial charge >= 0.3 is 5.24 Å². The number of hydrogen-bond donors (Lipinski definition) is 3. The Morgan fingerprint density at radius 2 is 1.81 bits per heavy atom. The Labute approximate surface area is 93.5 Å². The molecule has 0 spiro atoms. The largest absolute Gasteiger partial charge is 0.399 e. The molecule has 0 saturated carbocycles. The summed E-state index contributed by atoms with van der Waals surface area (Å²) in [5.74, 6) is -0.327. The molecule has 6 nitrogen and oxygen atoms in total. The van der Waals surface area contributed by atoms with E-state index in [-0.39, 0.29) is 12.3 Å². The number of nitrogen functional groups attached to an aromatic ring is 1. The van der Waals surface area contributed by atoms with Crippen molar-refractivity contribution in [3.63, 3.8) is 0 Å². The topological polar surface area (TPSA) is 115 Å². The van der Waals surface area contributed by atoms with Gasteiger partial charge in [0.15, 0.2) is 0 Å². The number of anilines is 2. The fourth-order valence-electron chi connectivity index (χ4n) is 1.03. The zero-order valence-corrected chi connectivity index (χ0v) is 9.33. The quantitative estimate of drug-likeness (QED) is 0.652. The van der Waals surface area contributed by atoms with Gasteiger partial charge in [-0.05, 0) is 24.3 Å². The molecule has 0 saturated heterocycles. The summed E-state index contributed by atoms with van der Waals surface area (Å²) in [7, 11) is -3.82. The summed E-state index contributed by atoms with van der Waals surface area (Å²) in [6, 6.07) is 6.80. The van der Waals surface area contributed by atoms with E-state index in [1.807, 2.05) is 0 Å². The van der Waals surface area contributed by atoms with E-state index in [0.717, 1.165) is 5.69 Å². The third kappa shape index (κ3) is 3.43.